The lowest BCUT2D eigenvalue weighted by atomic mass is 10.3. The Morgan fingerprint density at radius 2 is 2.00 bits per heavy atom. The molecule has 2 nitrogen and oxygen atoms in total. The normalized spacial score (nSPS) is 10.4. The Morgan fingerprint density at radius 3 is 2.57 bits per heavy atom. The zero-order valence-electron chi connectivity index (χ0n) is 7.32. The number of aromatic nitrogens is 2. The molecule has 1 aromatic heterocycles. The van der Waals surface area contributed by atoms with Crippen LogP contribution in [0.3, 0.4) is 0 Å². The Kier molecular flexibility index (Phi) is 2.50. The van der Waals surface area contributed by atoms with E-state index in [9.17, 15) is 4.39 Å². The number of hydrogen-bond acceptors (Lipinski definition) is 1. The summed E-state index contributed by atoms with van der Waals surface area (Å²) in [6.07, 6.45) is 3.51. The zero-order valence-corrected chi connectivity index (χ0v) is 8.08. The van der Waals surface area contributed by atoms with Gasteiger partial charge < -0.3 is 0 Å². The number of nitrogens with zero attached hydrogens (tertiary/aromatic N) is 2. The number of alkyl halides is 1. The van der Waals surface area contributed by atoms with Gasteiger partial charge in [0.1, 0.15) is 5.82 Å². The first kappa shape index (κ1) is 9.21. The summed E-state index contributed by atoms with van der Waals surface area (Å²) in [6.45, 7) is 0. The highest BCUT2D eigenvalue weighted by Gasteiger charge is 1.99. The molecule has 0 unspecified atom stereocenters. The van der Waals surface area contributed by atoms with Gasteiger partial charge in [-0.1, -0.05) is 0 Å². The number of benzene rings is 1. The van der Waals surface area contributed by atoms with E-state index in [1.807, 2.05) is 6.20 Å². The van der Waals surface area contributed by atoms with Crippen LogP contribution in [0.5, 0.6) is 0 Å². The van der Waals surface area contributed by atoms with E-state index in [1.165, 1.54) is 12.1 Å². The van der Waals surface area contributed by atoms with Gasteiger partial charge in [0.25, 0.3) is 0 Å². The van der Waals surface area contributed by atoms with Crippen molar-refractivity contribution in [1.82, 2.24) is 9.78 Å². The molecule has 2 rings (SSSR count). The first-order valence-corrected chi connectivity index (χ1v) is 4.68. The Bertz CT molecular complexity index is 422. The fraction of sp³-hybridized carbons (Fsp3) is 0.100. The summed E-state index contributed by atoms with van der Waals surface area (Å²) in [4.78, 5) is 0. The van der Waals surface area contributed by atoms with E-state index in [-0.39, 0.29) is 5.82 Å². The standard InChI is InChI=1S/C10H8ClFN2/c11-5-8-6-13-14(7-8)10-3-1-9(12)2-4-10/h1-4,6-7H,5H2. The van der Waals surface area contributed by atoms with Crippen molar-refractivity contribution in [2.75, 3.05) is 0 Å². The molecule has 72 valence electrons. The number of halogens is 2. The van der Waals surface area contributed by atoms with Crippen molar-refractivity contribution in [2.24, 2.45) is 0 Å². The van der Waals surface area contributed by atoms with E-state index < -0.39 is 0 Å². The summed E-state index contributed by atoms with van der Waals surface area (Å²) in [7, 11) is 0. The van der Waals surface area contributed by atoms with Gasteiger partial charge in [0, 0.05) is 11.8 Å². The molecular weight excluding hydrogens is 203 g/mol. The summed E-state index contributed by atoms with van der Waals surface area (Å²) < 4.78 is 14.3. The van der Waals surface area contributed by atoms with Crippen LogP contribution in [0, 0.1) is 5.82 Å². The summed E-state index contributed by atoms with van der Waals surface area (Å²) in [6, 6.07) is 6.13. The van der Waals surface area contributed by atoms with Crippen molar-refractivity contribution < 1.29 is 4.39 Å². The molecule has 0 N–H and O–H groups in total. The van der Waals surface area contributed by atoms with Crippen LogP contribution in [0.2, 0.25) is 0 Å². The van der Waals surface area contributed by atoms with Crippen LogP contribution in [-0.4, -0.2) is 9.78 Å². The molecule has 2 aromatic rings. The van der Waals surface area contributed by atoms with E-state index >= 15 is 0 Å². The number of rotatable bonds is 2. The molecule has 0 atom stereocenters. The largest absolute Gasteiger partial charge is 0.241 e. The summed E-state index contributed by atoms with van der Waals surface area (Å²) in [5.74, 6) is 0.180. The fourth-order valence-electron chi connectivity index (χ4n) is 1.16. The van der Waals surface area contributed by atoms with Gasteiger partial charge in [-0.25, -0.2) is 9.07 Å². The summed E-state index contributed by atoms with van der Waals surface area (Å²) in [5.41, 5.74) is 1.76. The highest BCUT2D eigenvalue weighted by atomic mass is 35.5. The fourth-order valence-corrected chi connectivity index (χ4v) is 1.30. The van der Waals surface area contributed by atoms with Gasteiger partial charge in [0.2, 0.25) is 0 Å². The maximum atomic E-state index is 12.6. The minimum absolute atomic E-state index is 0.251. The third kappa shape index (κ3) is 1.77. The van der Waals surface area contributed by atoms with Crippen molar-refractivity contribution >= 4 is 11.6 Å². The molecule has 0 aliphatic rings. The third-order valence-electron chi connectivity index (χ3n) is 1.88. The Morgan fingerprint density at radius 1 is 1.29 bits per heavy atom. The van der Waals surface area contributed by atoms with E-state index in [4.69, 9.17) is 11.6 Å². The smallest absolute Gasteiger partial charge is 0.123 e. The van der Waals surface area contributed by atoms with Gasteiger partial charge in [-0.3, -0.25) is 0 Å². The number of hydrogen-bond donors (Lipinski definition) is 0. The second-order valence-electron chi connectivity index (χ2n) is 2.90. The van der Waals surface area contributed by atoms with Gasteiger partial charge in [0.15, 0.2) is 0 Å². The lowest BCUT2D eigenvalue weighted by Crippen LogP contribution is -1.93. The zero-order chi connectivity index (χ0) is 9.97. The van der Waals surface area contributed by atoms with Crippen molar-refractivity contribution in [3.63, 3.8) is 0 Å². The molecule has 4 heteroatoms. The van der Waals surface area contributed by atoms with Crippen LogP contribution < -0.4 is 0 Å². The van der Waals surface area contributed by atoms with Crippen molar-refractivity contribution in [1.29, 1.82) is 0 Å². The van der Waals surface area contributed by atoms with Gasteiger partial charge in [0.05, 0.1) is 17.8 Å². The van der Waals surface area contributed by atoms with E-state index in [1.54, 1.807) is 23.0 Å². The minimum Gasteiger partial charge on any atom is -0.241 e. The molecular formula is C10H8ClFN2. The second-order valence-corrected chi connectivity index (χ2v) is 3.17. The van der Waals surface area contributed by atoms with E-state index in [0.717, 1.165) is 11.3 Å². The van der Waals surface area contributed by atoms with Crippen molar-refractivity contribution in [2.45, 2.75) is 5.88 Å². The van der Waals surface area contributed by atoms with Gasteiger partial charge in [-0.05, 0) is 24.3 Å². The molecule has 0 aliphatic heterocycles. The van der Waals surface area contributed by atoms with Crippen LogP contribution in [0.4, 0.5) is 4.39 Å². The van der Waals surface area contributed by atoms with Gasteiger partial charge in [-0.2, -0.15) is 5.10 Å². The molecule has 0 saturated carbocycles. The summed E-state index contributed by atoms with van der Waals surface area (Å²) in [5, 5.41) is 4.10. The molecule has 0 aliphatic carbocycles. The topological polar surface area (TPSA) is 17.8 Å². The average Bonchev–Trinajstić information content (AvgIpc) is 2.67. The molecule has 0 saturated heterocycles. The third-order valence-corrected chi connectivity index (χ3v) is 2.19. The molecule has 0 fully saturated rings. The van der Waals surface area contributed by atoms with Gasteiger partial charge in [-0.15, -0.1) is 11.6 Å². The molecule has 14 heavy (non-hydrogen) atoms. The minimum atomic E-state index is -0.251. The molecule has 1 aromatic carbocycles. The lowest BCUT2D eigenvalue weighted by Gasteiger charge is -1.99. The van der Waals surface area contributed by atoms with Crippen molar-refractivity contribution in [3.05, 3.63) is 48.0 Å². The van der Waals surface area contributed by atoms with Gasteiger partial charge >= 0.3 is 0 Å². The highest BCUT2D eigenvalue weighted by molar-refractivity contribution is 6.17. The van der Waals surface area contributed by atoms with E-state index in [0.29, 0.717) is 5.88 Å². The predicted molar refractivity (Wildman–Crippen MR) is 53.1 cm³/mol. The Balaban J connectivity index is 2.34. The summed E-state index contributed by atoms with van der Waals surface area (Å²) >= 11 is 5.64. The molecule has 0 bridgehead atoms. The van der Waals surface area contributed by atoms with E-state index in [2.05, 4.69) is 5.10 Å². The predicted octanol–water partition coefficient (Wildman–Crippen LogP) is 2.75. The maximum absolute atomic E-state index is 12.6. The monoisotopic (exact) mass is 210 g/mol. The van der Waals surface area contributed by atoms with Crippen LogP contribution in [0.1, 0.15) is 5.56 Å². The van der Waals surface area contributed by atoms with Crippen LogP contribution in [0.25, 0.3) is 5.69 Å². The first-order valence-electron chi connectivity index (χ1n) is 4.15. The van der Waals surface area contributed by atoms with Crippen LogP contribution in [-0.2, 0) is 5.88 Å². The van der Waals surface area contributed by atoms with Crippen molar-refractivity contribution in [3.8, 4) is 5.69 Å². The Labute approximate surface area is 85.9 Å². The maximum Gasteiger partial charge on any atom is 0.123 e. The first-order chi connectivity index (χ1) is 6.79. The molecule has 1 heterocycles. The van der Waals surface area contributed by atoms with Crippen LogP contribution in [0.15, 0.2) is 36.7 Å². The molecule has 0 spiro atoms. The second kappa shape index (κ2) is 3.80. The average molecular weight is 211 g/mol. The molecule has 0 amide bonds. The quantitative estimate of drug-likeness (QED) is 0.697. The molecule has 0 radical (unpaired) electrons. The Hall–Kier alpha value is -1.35. The SMILES string of the molecule is Fc1ccc(-n2cc(CCl)cn2)cc1. The highest BCUT2D eigenvalue weighted by Crippen LogP contribution is 2.10. The lowest BCUT2D eigenvalue weighted by molar-refractivity contribution is 0.627. The van der Waals surface area contributed by atoms with Crippen LogP contribution >= 0.6 is 11.6 Å².